The van der Waals surface area contributed by atoms with Gasteiger partial charge in [0.05, 0.1) is 25.4 Å². The van der Waals surface area contributed by atoms with Crippen LogP contribution in [0.5, 0.6) is 5.75 Å². The standard InChI is InChI=1S/C23H22N2O/c1-26-21-14-12-18(13-15-21)17-25-23(20-10-6-3-7-11-20)16-22(24-25)19-8-4-2-5-9-19/h2-15,23H,16-17H2,1H3/t23-/m1/s1. The first kappa shape index (κ1) is 16.4. The number of methoxy groups -OCH3 is 1. The van der Waals surface area contributed by atoms with Crippen LogP contribution in [0.25, 0.3) is 0 Å². The van der Waals surface area contributed by atoms with Crippen molar-refractivity contribution >= 4 is 5.71 Å². The third-order valence-electron chi connectivity index (χ3n) is 4.79. The normalized spacial score (nSPS) is 16.4. The summed E-state index contributed by atoms with van der Waals surface area (Å²) >= 11 is 0. The number of benzene rings is 3. The van der Waals surface area contributed by atoms with Crippen molar-refractivity contribution in [2.75, 3.05) is 7.11 Å². The van der Waals surface area contributed by atoms with Crippen LogP contribution in [-0.2, 0) is 6.54 Å². The minimum atomic E-state index is 0.258. The highest BCUT2D eigenvalue weighted by Gasteiger charge is 2.28. The predicted molar refractivity (Wildman–Crippen MR) is 105 cm³/mol. The molecule has 3 heteroatoms. The Balaban J connectivity index is 1.63. The molecule has 0 radical (unpaired) electrons. The van der Waals surface area contributed by atoms with E-state index < -0.39 is 0 Å². The van der Waals surface area contributed by atoms with Gasteiger partial charge in [-0.2, -0.15) is 5.10 Å². The van der Waals surface area contributed by atoms with Crippen LogP contribution >= 0.6 is 0 Å². The van der Waals surface area contributed by atoms with E-state index >= 15 is 0 Å². The molecular formula is C23H22N2O. The predicted octanol–water partition coefficient (Wildman–Crippen LogP) is 5.05. The molecular weight excluding hydrogens is 320 g/mol. The van der Waals surface area contributed by atoms with Gasteiger partial charge in [0.2, 0.25) is 0 Å². The van der Waals surface area contributed by atoms with Gasteiger partial charge in [0.15, 0.2) is 0 Å². The first-order valence-corrected chi connectivity index (χ1v) is 8.91. The number of hydrazone groups is 1. The first-order chi connectivity index (χ1) is 12.8. The summed E-state index contributed by atoms with van der Waals surface area (Å²) in [6.45, 7) is 0.778. The summed E-state index contributed by atoms with van der Waals surface area (Å²) in [4.78, 5) is 0. The van der Waals surface area contributed by atoms with Gasteiger partial charge in [-0.15, -0.1) is 0 Å². The van der Waals surface area contributed by atoms with E-state index in [9.17, 15) is 0 Å². The Kier molecular flexibility index (Phi) is 4.69. The largest absolute Gasteiger partial charge is 0.497 e. The summed E-state index contributed by atoms with van der Waals surface area (Å²) < 4.78 is 5.26. The Morgan fingerprint density at radius 1 is 0.885 bits per heavy atom. The maximum Gasteiger partial charge on any atom is 0.118 e. The maximum absolute atomic E-state index is 5.26. The van der Waals surface area contributed by atoms with Crippen molar-refractivity contribution < 1.29 is 4.74 Å². The van der Waals surface area contributed by atoms with E-state index in [-0.39, 0.29) is 6.04 Å². The highest BCUT2D eigenvalue weighted by Crippen LogP contribution is 2.33. The molecule has 4 rings (SSSR count). The van der Waals surface area contributed by atoms with E-state index in [0.717, 1.165) is 24.4 Å². The SMILES string of the molecule is COc1ccc(CN2N=C(c3ccccc3)C[C@@H]2c2ccccc2)cc1. The summed E-state index contributed by atoms with van der Waals surface area (Å²) in [6, 6.07) is 29.6. The lowest BCUT2D eigenvalue weighted by Gasteiger charge is -2.24. The van der Waals surface area contributed by atoms with Gasteiger partial charge >= 0.3 is 0 Å². The smallest absolute Gasteiger partial charge is 0.118 e. The molecule has 0 fully saturated rings. The van der Waals surface area contributed by atoms with Gasteiger partial charge in [0.1, 0.15) is 5.75 Å². The zero-order chi connectivity index (χ0) is 17.8. The molecule has 0 aliphatic carbocycles. The van der Waals surface area contributed by atoms with Crippen molar-refractivity contribution in [3.8, 4) is 5.75 Å². The molecule has 3 aromatic rings. The van der Waals surface area contributed by atoms with E-state index in [2.05, 4.69) is 71.7 Å². The number of ether oxygens (including phenoxy) is 1. The molecule has 0 amide bonds. The van der Waals surface area contributed by atoms with Crippen molar-refractivity contribution in [1.82, 2.24) is 5.01 Å². The number of nitrogens with zero attached hydrogens (tertiary/aromatic N) is 2. The van der Waals surface area contributed by atoms with Crippen molar-refractivity contribution in [2.45, 2.75) is 19.0 Å². The van der Waals surface area contributed by atoms with Gasteiger partial charge in [-0.1, -0.05) is 72.8 Å². The summed E-state index contributed by atoms with van der Waals surface area (Å²) in [5, 5.41) is 7.18. The van der Waals surface area contributed by atoms with Gasteiger partial charge in [0, 0.05) is 6.42 Å². The Morgan fingerprint density at radius 2 is 1.54 bits per heavy atom. The van der Waals surface area contributed by atoms with Gasteiger partial charge in [-0.3, -0.25) is 5.01 Å². The quantitative estimate of drug-likeness (QED) is 0.648. The first-order valence-electron chi connectivity index (χ1n) is 8.91. The Morgan fingerprint density at radius 3 is 2.19 bits per heavy atom. The molecule has 0 bridgehead atoms. The summed E-state index contributed by atoms with van der Waals surface area (Å²) in [6.07, 6.45) is 0.921. The Bertz CT molecular complexity index is 873. The highest BCUT2D eigenvalue weighted by atomic mass is 16.5. The van der Waals surface area contributed by atoms with Gasteiger partial charge in [-0.05, 0) is 28.8 Å². The van der Waals surface area contributed by atoms with Crippen LogP contribution in [0.3, 0.4) is 0 Å². The van der Waals surface area contributed by atoms with E-state index in [1.807, 2.05) is 18.2 Å². The second-order valence-electron chi connectivity index (χ2n) is 6.49. The molecule has 3 aromatic carbocycles. The fourth-order valence-electron chi connectivity index (χ4n) is 3.39. The molecule has 0 aromatic heterocycles. The molecule has 1 atom stereocenters. The molecule has 3 nitrogen and oxygen atoms in total. The summed E-state index contributed by atoms with van der Waals surface area (Å²) in [7, 11) is 1.69. The molecule has 0 N–H and O–H groups in total. The molecule has 0 saturated heterocycles. The van der Waals surface area contributed by atoms with Crippen LogP contribution in [0.1, 0.15) is 29.2 Å². The van der Waals surface area contributed by atoms with Crippen molar-refractivity contribution in [1.29, 1.82) is 0 Å². The van der Waals surface area contributed by atoms with Crippen LogP contribution in [0.15, 0.2) is 90.0 Å². The van der Waals surface area contributed by atoms with Crippen molar-refractivity contribution in [3.05, 3.63) is 102 Å². The summed E-state index contributed by atoms with van der Waals surface area (Å²) in [5.41, 5.74) is 4.87. The minimum absolute atomic E-state index is 0.258. The minimum Gasteiger partial charge on any atom is -0.497 e. The molecule has 1 aliphatic heterocycles. The third-order valence-corrected chi connectivity index (χ3v) is 4.79. The van der Waals surface area contributed by atoms with E-state index in [1.54, 1.807) is 7.11 Å². The summed E-state index contributed by atoms with van der Waals surface area (Å²) in [5.74, 6) is 0.878. The molecule has 0 spiro atoms. The monoisotopic (exact) mass is 342 g/mol. The fraction of sp³-hybridized carbons (Fsp3) is 0.174. The van der Waals surface area contributed by atoms with Gasteiger partial charge in [-0.25, -0.2) is 0 Å². The molecule has 0 saturated carbocycles. The number of hydrogen-bond donors (Lipinski definition) is 0. The van der Waals surface area contributed by atoms with Crippen LogP contribution in [0.2, 0.25) is 0 Å². The van der Waals surface area contributed by atoms with E-state index in [1.165, 1.54) is 16.7 Å². The molecule has 0 unspecified atom stereocenters. The van der Waals surface area contributed by atoms with E-state index in [0.29, 0.717) is 0 Å². The van der Waals surface area contributed by atoms with Crippen LogP contribution < -0.4 is 4.74 Å². The van der Waals surface area contributed by atoms with Crippen LogP contribution in [0, 0.1) is 0 Å². The molecule has 26 heavy (non-hydrogen) atoms. The van der Waals surface area contributed by atoms with E-state index in [4.69, 9.17) is 9.84 Å². The lowest BCUT2D eigenvalue weighted by atomic mass is 9.98. The van der Waals surface area contributed by atoms with Crippen LogP contribution in [0.4, 0.5) is 0 Å². The molecule has 1 aliphatic rings. The van der Waals surface area contributed by atoms with Gasteiger partial charge in [0.25, 0.3) is 0 Å². The highest BCUT2D eigenvalue weighted by molar-refractivity contribution is 6.01. The van der Waals surface area contributed by atoms with Crippen molar-refractivity contribution in [2.24, 2.45) is 5.10 Å². The Hall–Kier alpha value is -3.07. The third kappa shape index (κ3) is 3.47. The maximum atomic E-state index is 5.26. The lowest BCUT2D eigenvalue weighted by molar-refractivity contribution is 0.224. The average Bonchev–Trinajstić information content (AvgIpc) is 3.14. The zero-order valence-corrected chi connectivity index (χ0v) is 14.9. The average molecular weight is 342 g/mol. The Labute approximate surface area is 154 Å². The molecule has 130 valence electrons. The number of rotatable bonds is 5. The zero-order valence-electron chi connectivity index (χ0n) is 14.9. The topological polar surface area (TPSA) is 24.8 Å². The van der Waals surface area contributed by atoms with Crippen LogP contribution in [-0.4, -0.2) is 17.8 Å². The van der Waals surface area contributed by atoms with Gasteiger partial charge < -0.3 is 4.74 Å². The lowest BCUT2D eigenvalue weighted by Crippen LogP contribution is -2.19. The second-order valence-corrected chi connectivity index (χ2v) is 6.49. The number of hydrogen-bond acceptors (Lipinski definition) is 3. The fourth-order valence-corrected chi connectivity index (χ4v) is 3.39. The second kappa shape index (κ2) is 7.44. The molecule has 1 heterocycles. The van der Waals surface area contributed by atoms with Crippen molar-refractivity contribution in [3.63, 3.8) is 0 Å².